The predicted molar refractivity (Wildman–Crippen MR) is 41.1 cm³/mol. The summed E-state index contributed by atoms with van der Waals surface area (Å²) in [7, 11) is 0. The van der Waals surface area contributed by atoms with Crippen molar-refractivity contribution < 1.29 is 54.7 Å². The molecule has 0 aromatic carbocycles. The summed E-state index contributed by atoms with van der Waals surface area (Å²) in [5, 5.41) is 36.1. The summed E-state index contributed by atoms with van der Waals surface area (Å²) in [6, 6.07) is 0. The third-order valence-electron chi connectivity index (χ3n) is 1.85. The number of aliphatic hydroxyl groups is 4. The molecule has 1 aliphatic rings. The second-order valence-electron chi connectivity index (χ2n) is 2.70. The Bertz CT molecular complexity index is 155. The van der Waals surface area contributed by atoms with Crippen LogP contribution in [0.25, 0.3) is 0 Å². The topological polar surface area (TPSA) is 90.2 Å². The average molecular weight is 218 g/mol. The molecule has 72 valence electrons. The van der Waals surface area contributed by atoms with Crippen LogP contribution in [0.2, 0.25) is 0 Å². The molecular formula is C6H11NaO5S. The van der Waals surface area contributed by atoms with Gasteiger partial charge in [0.15, 0.2) is 0 Å². The van der Waals surface area contributed by atoms with Gasteiger partial charge in [-0.25, -0.2) is 0 Å². The van der Waals surface area contributed by atoms with E-state index >= 15 is 0 Å². The first-order valence-electron chi connectivity index (χ1n) is 3.54. The normalized spacial score (nSPS) is 45.5. The van der Waals surface area contributed by atoms with Crippen LogP contribution in [0, 0.1) is 0 Å². The van der Waals surface area contributed by atoms with Crippen LogP contribution in [-0.4, -0.2) is 56.9 Å². The van der Waals surface area contributed by atoms with Gasteiger partial charge in [0.25, 0.3) is 0 Å². The molecule has 1 heterocycles. The maximum atomic E-state index is 9.18. The molecule has 1 saturated heterocycles. The molecule has 0 aromatic rings. The van der Waals surface area contributed by atoms with Crippen LogP contribution >= 0.6 is 0 Å². The van der Waals surface area contributed by atoms with Crippen molar-refractivity contribution in [3.05, 3.63) is 0 Å². The van der Waals surface area contributed by atoms with Crippen LogP contribution in [-0.2, 0) is 17.4 Å². The smallest absolute Gasteiger partial charge is 0.759 e. The number of rotatable bonds is 1. The second kappa shape index (κ2) is 5.89. The Hall–Kier alpha value is 1.15. The van der Waals surface area contributed by atoms with Crippen LogP contribution in [0.5, 0.6) is 0 Å². The van der Waals surface area contributed by atoms with Crippen LogP contribution in [0.1, 0.15) is 0 Å². The molecule has 0 spiro atoms. The minimum atomic E-state index is -1.35. The van der Waals surface area contributed by atoms with E-state index in [0.717, 1.165) is 0 Å². The van der Waals surface area contributed by atoms with Gasteiger partial charge < -0.3 is 37.8 Å². The number of hydrogen-bond donors (Lipinski definition) is 4. The minimum Gasteiger partial charge on any atom is -0.759 e. The van der Waals surface area contributed by atoms with Gasteiger partial charge in [-0.2, -0.15) is 0 Å². The Morgan fingerprint density at radius 2 is 1.62 bits per heavy atom. The summed E-state index contributed by atoms with van der Waals surface area (Å²) >= 11 is 4.63. The summed E-state index contributed by atoms with van der Waals surface area (Å²) in [6.07, 6.45) is -4.83. The molecule has 13 heavy (non-hydrogen) atoms. The zero-order chi connectivity index (χ0) is 9.30. The van der Waals surface area contributed by atoms with E-state index in [0.29, 0.717) is 0 Å². The third kappa shape index (κ3) is 3.05. The van der Waals surface area contributed by atoms with E-state index in [2.05, 4.69) is 12.6 Å². The molecule has 1 fully saturated rings. The Labute approximate surface area is 103 Å². The quantitative estimate of drug-likeness (QED) is 0.259. The van der Waals surface area contributed by atoms with Gasteiger partial charge in [0.05, 0.1) is 12.7 Å². The Morgan fingerprint density at radius 1 is 1.08 bits per heavy atom. The fraction of sp³-hybridized carbons (Fsp3) is 1.00. The summed E-state index contributed by atoms with van der Waals surface area (Å²) in [5.74, 6) is 0. The molecule has 0 bridgehead atoms. The van der Waals surface area contributed by atoms with Crippen molar-refractivity contribution in [2.24, 2.45) is 0 Å². The molecule has 0 amide bonds. The second-order valence-corrected chi connectivity index (χ2v) is 3.16. The fourth-order valence-electron chi connectivity index (χ4n) is 1.07. The van der Waals surface area contributed by atoms with Gasteiger partial charge in [0.1, 0.15) is 18.3 Å². The molecule has 5 nitrogen and oxygen atoms in total. The SMILES string of the molecule is OC[C@H]1O[C@@H]([S-])[C@H](O)[C@@H](O)[C@@H]1O.[Na+]. The zero-order valence-corrected chi connectivity index (χ0v) is 10.0. The molecule has 5 atom stereocenters. The maximum Gasteiger partial charge on any atom is 1.00 e. The molecule has 1 aliphatic heterocycles. The molecule has 0 unspecified atom stereocenters. The van der Waals surface area contributed by atoms with Gasteiger partial charge in [-0.3, -0.25) is 0 Å². The summed E-state index contributed by atoms with van der Waals surface area (Å²) < 4.78 is 4.84. The molecule has 0 aromatic heterocycles. The predicted octanol–water partition coefficient (Wildman–Crippen LogP) is -5.66. The minimum absolute atomic E-state index is 0. The van der Waals surface area contributed by atoms with Crippen LogP contribution in [0.15, 0.2) is 0 Å². The Morgan fingerprint density at radius 3 is 2.08 bits per heavy atom. The van der Waals surface area contributed by atoms with Crippen molar-refractivity contribution in [1.29, 1.82) is 0 Å². The van der Waals surface area contributed by atoms with Crippen molar-refractivity contribution in [1.82, 2.24) is 0 Å². The first-order valence-corrected chi connectivity index (χ1v) is 4.01. The van der Waals surface area contributed by atoms with Crippen molar-refractivity contribution in [2.45, 2.75) is 29.9 Å². The standard InChI is InChI=1S/C6H12O5S.Na/c7-1-2-3(8)4(9)5(10)6(12)11-2;/h2-10,12H,1H2;/q;+1/p-1/t2-,3-,4+,5-,6+;/m1./s1. The van der Waals surface area contributed by atoms with E-state index < -0.39 is 36.5 Å². The summed E-state index contributed by atoms with van der Waals surface area (Å²) in [6.45, 7) is -0.432. The first kappa shape index (κ1) is 14.2. The molecule has 0 saturated carbocycles. The van der Waals surface area contributed by atoms with E-state index in [4.69, 9.17) is 20.1 Å². The van der Waals surface area contributed by atoms with E-state index in [-0.39, 0.29) is 29.6 Å². The van der Waals surface area contributed by atoms with E-state index in [1.54, 1.807) is 0 Å². The van der Waals surface area contributed by atoms with E-state index in [9.17, 15) is 5.11 Å². The van der Waals surface area contributed by atoms with Gasteiger partial charge in [-0.05, 0) is 5.44 Å². The van der Waals surface area contributed by atoms with Crippen molar-refractivity contribution in [3.8, 4) is 0 Å². The van der Waals surface area contributed by atoms with Crippen LogP contribution in [0.4, 0.5) is 0 Å². The van der Waals surface area contributed by atoms with Crippen LogP contribution in [0.3, 0.4) is 0 Å². The van der Waals surface area contributed by atoms with Gasteiger partial charge in [0.2, 0.25) is 0 Å². The van der Waals surface area contributed by atoms with Gasteiger partial charge in [0, 0.05) is 0 Å². The molecule has 0 aliphatic carbocycles. The Kier molecular flexibility index (Phi) is 6.41. The number of aliphatic hydroxyl groups excluding tert-OH is 4. The van der Waals surface area contributed by atoms with E-state index in [1.165, 1.54) is 0 Å². The van der Waals surface area contributed by atoms with Gasteiger partial charge in [-0.15, -0.1) is 0 Å². The monoisotopic (exact) mass is 218 g/mol. The third-order valence-corrected chi connectivity index (χ3v) is 2.24. The van der Waals surface area contributed by atoms with Gasteiger partial charge in [-0.1, -0.05) is 0 Å². The first-order chi connectivity index (χ1) is 5.57. The molecule has 1 rings (SSSR count). The largest absolute Gasteiger partial charge is 1.00 e. The van der Waals surface area contributed by atoms with Crippen LogP contribution < -0.4 is 29.6 Å². The number of hydrogen-bond acceptors (Lipinski definition) is 6. The maximum absolute atomic E-state index is 9.18. The van der Waals surface area contributed by atoms with Gasteiger partial charge >= 0.3 is 29.6 Å². The molecule has 4 N–H and O–H groups in total. The average Bonchev–Trinajstić information content (AvgIpc) is 2.08. The molecule has 0 radical (unpaired) electrons. The number of ether oxygens (including phenoxy) is 1. The zero-order valence-electron chi connectivity index (χ0n) is 7.20. The van der Waals surface area contributed by atoms with Crippen molar-refractivity contribution in [3.63, 3.8) is 0 Å². The summed E-state index contributed by atoms with van der Waals surface area (Å²) in [5.41, 5.74) is -0.986. The molecule has 7 heteroatoms. The summed E-state index contributed by atoms with van der Waals surface area (Å²) in [4.78, 5) is 0. The van der Waals surface area contributed by atoms with Crippen molar-refractivity contribution >= 4 is 12.6 Å². The fourth-order valence-corrected chi connectivity index (χ4v) is 1.37. The molecular weight excluding hydrogens is 207 g/mol. The Balaban J connectivity index is 0.00000144. The van der Waals surface area contributed by atoms with Crippen molar-refractivity contribution in [2.75, 3.05) is 6.61 Å². The van der Waals surface area contributed by atoms with E-state index in [1.807, 2.05) is 0 Å².